The lowest BCUT2D eigenvalue weighted by atomic mass is 10.2. The van der Waals surface area contributed by atoms with Crippen molar-refractivity contribution in [1.82, 2.24) is 10.2 Å². The van der Waals surface area contributed by atoms with Crippen LogP contribution in [0.2, 0.25) is 0 Å². The van der Waals surface area contributed by atoms with Gasteiger partial charge in [0.15, 0.2) is 0 Å². The van der Waals surface area contributed by atoms with E-state index in [1.165, 1.54) is 0 Å². The Morgan fingerprint density at radius 1 is 1.55 bits per heavy atom. The minimum Gasteiger partial charge on any atom is -0.308 e. The van der Waals surface area contributed by atoms with Gasteiger partial charge in [-0.2, -0.15) is 0 Å². The van der Waals surface area contributed by atoms with E-state index in [2.05, 4.69) is 24.1 Å². The summed E-state index contributed by atoms with van der Waals surface area (Å²) in [5.74, 6) is 0. The van der Waals surface area contributed by atoms with Crippen molar-refractivity contribution in [2.45, 2.75) is 38.1 Å². The van der Waals surface area contributed by atoms with Crippen molar-refractivity contribution in [2.75, 3.05) is 13.1 Å². The van der Waals surface area contributed by atoms with Crippen LogP contribution in [-0.4, -0.2) is 42.3 Å². The van der Waals surface area contributed by atoms with Crippen LogP contribution in [0.3, 0.4) is 0 Å². The van der Waals surface area contributed by atoms with Gasteiger partial charge in [0, 0.05) is 19.1 Å². The average molecular weight is 158 g/mol. The molecule has 0 amide bonds. The predicted octanol–water partition coefficient (Wildman–Crippen LogP) is 0.389. The Bertz CT molecular complexity index is 160. The maximum Gasteiger partial charge on any atom is 0.133 e. The molecule has 0 aliphatic carbocycles. The van der Waals surface area contributed by atoms with Crippen LogP contribution >= 0.6 is 0 Å². The van der Waals surface area contributed by atoms with Crippen LogP contribution in [0.1, 0.15) is 13.8 Å². The normalized spacial score (nSPS) is 44.2. The lowest BCUT2D eigenvalue weighted by Crippen LogP contribution is -2.46. The van der Waals surface area contributed by atoms with E-state index in [0.717, 1.165) is 13.1 Å². The van der Waals surface area contributed by atoms with Crippen LogP contribution in [0.4, 0.5) is 4.39 Å². The van der Waals surface area contributed by atoms with Gasteiger partial charge in [0.25, 0.3) is 0 Å². The zero-order valence-electron chi connectivity index (χ0n) is 7.05. The van der Waals surface area contributed by atoms with Gasteiger partial charge >= 0.3 is 0 Å². The van der Waals surface area contributed by atoms with E-state index < -0.39 is 6.17 Å². The van der Waals surface area contributed by atoms with Crippen molar-refractivity contribution in [1.29, 1.82) is 0 Å². The number of rotatable bonds is 1. The summed E-state index contributed by atoms with van der Waals surface area (Å²) in [4.78, 5) is 2.26. The summed E-state index contributed by atoms with van der Waals surface area (Å²) in [5, 5.41) is 3.17. The van der Waals surface area contributed by atoms with Gasteiger partial charge in [0.2, 0.25) is 0 Å². The number of nitrogens with one attached hydrogen (secondary N) is 1. The van der Waals surface area contributed by atoms with Gasteiger partial charge in [0.1, 0.15) is 6.17 Å². The molecule has 11 heavy (non-hydrogen) atoms. The van der Waals surface area contributed by atoms with Crippen LogP contribution in [0, 0.1) is 0 Å². The number of fused-ring (bicyclic) bond motifs is 2. The second-order valence-electron chi connectivity index (χ2n) is 3.82. The molecular formula is C8H15FN2. The van der Waals surface area contributed by atoms with Crippen molar-refractivity contribution < 1.29 is 4.39 Å². The number of alkyl halides is 1. The molecule has 64 valence electrons. The molecule has 1 N–H and O–H groups in total. The predicted molar refractivity (Wildman–Crippen MR) is 42.3 cm³/mol. The third-order valence-corrected chi connectivity index (χ3v) is 2.84. The number of hydrogen-bond donors (Lipinski definition) is 1. The molecule has 0 aromatic carbocycles. The summed E-state index contributed by atoms with van der Waals surface area (Å²) in [6.07, 6.45) is -0.627. The highest BCUT2D eigenvalue weighted by Crippen LogP contribution is 2.27. The van der Waals surface area contributed by atoms with E-state index in [-0.39, 0.29) is 12.1 Å². The summed E-state index contributed by atoms with van der Waals surface area (Å²) in [5.41, 5.74) is 0. The maximum absolute atomic E-state index is 13.3. The third-order valence-electron chi connectivity index (χ3n) is 2.84. The van der Waals surface area contributed by atoms with Crippen molar-refractivity contribution in [3.05, 3.63) is 0 Å². The molecule has 0 radical (unpaired) electrons. The molecule has 0 aromatic rings. The van der Waals surface area contributed by atoms with E-state index in [1.54, 1.807) is 0 Å². The minimum atomic E-state index is -0.627. The van der Waals surface area contributed by atoms with Gasteiger partial charge in [-0.25, -0.2) is 4.39 Å². The van der Waals surface area contributed by atoms with Gasteiger partial charge in [-0.1, -0.05) is 0 Å². The fraction of sp³-hybridized carbons (Fsp3) is 1.00. The Kier molecular flexibility index (Phi) is 1.65. The average Bonchev–Trinajstić information content (AvgIpc) is 2.46. The van der Waals surface area contributed by atoms with Crippen molar-refractivity contribution in [2.24, 2.45) is 0 Å². The Balaban J connectivity index is 2.09. The van der Waals surface area contributed by atoms with Crippen molar-refractivity contribution >= 4 is 0 Å². The van der Waals surface area contributed by atoms with Gasteiger partial charge < -0.3 is 5.32 Å². The highest BCUT2D eigenvalue weighted by Gasteiger charge is 2.47. The standard InChI is InChI=1S/C8H15FN2/c1-5(2)11-4-6-8(9)7(11)3-10-6/h5-8,10H,3-4H2,1-2H3. The smallest absolute Gasteiger partial charge is 0.133 e. The SMILES string of the molecule is CC(C)N1CC2NCC1C2F. The maximum atomic E-state index is 13.3. The molecule has 0 spiro atoms. The molecule has 2 bridgehead atoms. The molecular weight excluding hydrogens is 143 g/mol. The Hall–Kier alpha value is -0.150. The van der Waals surface area contributed by atoms with E-state index in [1.807, 2.05) is 0 Å². The van der Waals surface area contributed by atoms with Gasteiger partial charge in [-0.3, -0.25) is 4.90 Å². The van der Waals surface area contributed by atoms with Crippen molar-refractivity contribution in [3.8, 4) is 0 Å². The molecule has 2 rings (SSSR count). The van der Waals surface area contributed by atoms with Crippen LogP contribution < -0.4 is 5.32 Å². The van der Waals surface area contributed by atoms with Gasteiger partial charge in [-0.05, 0) is 13.8 Å². The van der Waals surface area contributed by atoms with Gasteiger partial charge in [0.05, 0.1) is 12.1 Å². The van der Waals surface area contributed by atoms with Crippen LogP contribution in [-0.2, 0) is 0 Å². The highest BCUT2D eigenvalue weighted by molar-refractivity contribution is 5.05. The first kappa shape index (κ1) is 7.50. The fourth-order valence-electron chi connectivity index (χ4n) is 2.19. The highest BCUT2D eigenvalue weighted by atomic mass is 19.1. The number of hydrogen-bond acceptors (Lipinski definition) is 2. The van der Waals surface area contributed by atoms with Crippen LogP contribution in [0.25, 0.3) is 0 Å². The number of halogens is 1. The van der Waals surface area contributed by atoms with E-state index in [0.29, 0.717) is 6.04 Å². The monoisotopic (exact) mass is 158 g/mol. The second-order valence-corrected chi connectivity index (χ2v) is 3.82. The number of nitrogens with zero attached hydrogens (tertiary/aromatic N) is 1. The molecule has 2 nitrogen and oxygen atoms in total. The van der Waals surface area contributed by atoms with Crippen LogP contribution in [0.5, 0.6) is 0 Å². The zero-order chi connectivity index (χ0) is 8.01. The molecule has 2 fully saturated rings. The Morgan fingerprint density at radius 2 is 2.27 bits per heavy atom. The first-order valence-electron chi connectivity index (χ1n) is 4.33. The number of likely N-dealkylation sites (tertiary alicyclic amines) is 1. The molecule has 3 heteroatoms. The Labute approximate surface area is 66.8 Å². The quantitative estimate of drug-likeness (QED) is 0.594. The summed E-state index contributed by atoms with van der Waals surface area (Å²) in [6, 6.07) is 0.757. The first-order chi connectivity index (χ1) is 5.20. The molecule has 2 saturated heterocycles. The minimum absolute atomic E-state index is 0.113. The summed E-state index contributed by atoms with van der Waals surface area (Å²) in [6.45, 7) is 5.99. The summed E-state index contributed by atoms with van der Waals surface area (Å²) in [7, 11) is 0. The Morgan fingerprint density at radius 3 is 2.55 bits per heavy atom. The fourth-order valence-corrected chi connectivity index (χ4v) is 2.19. The zero-order valence-corrected chi connectivity index (χ0v) is 7.05. The first-order valence-corrected chi connectivity index (χ1v) is 4.33. The summed E-state index contributed by atoms with van der Waals surface area (Å²) < 4.78 is 13.3. The lowest BCUT2D eigenvalue weighted by Gasteiger charge is -2.30. The lowest BCUT2D eigenvalue weighted by molar-refractivity contribution is 0.162. The number of piperazine rings is 1. The molecule has 0 aromatic heterocycles. The van der Waals surface area contributed by atoms with E-state index in [9.17, 15) is 4.39 Å². The topological polar surface area (TPSA) is 15.3 Å². The molecule has 3 unspecified atom stereocenters. The second kappa shape index (κ2) is 2.42. The van der Waals surface area contributed by atoms with Crippen molar-refractivity contribution in [3.63, 3.8) is 0 Å². The van der Waals surface area contributed by atoms with E-state index >= 15 is 0 Å². The van der Waals surface area contributed by atoms with Gasteiger partial charge in [-0.15, -0.1) is 0 Å². The summed E-state index contributed by atoms with van der Waals surface area (Å²) >= 11 is 0. The molecule has 2 aliphatic rings. The molecule has 3 atom stereocenters. The third kappa shape index (κ3) is 0.983. The molecule has 2 aliphatic heterocycles. The van der Waals surface area contributed by atoms with Crippen LogP contribution in [0.15, 0.2) is 0 Å². The van der Waals surface area contributed by atoms with E-state index in [4.69, 9.17) is 0 Å². The largest absolute Gasteiger partial charge is 0.308 e. The molecule has 2 heterocycles. The molecule has 0 saturated carbocycles.